The summed E-state index contributed by atoms with van der Waals surface area (Å²) in [6, 6.07) is 4.46. The molecule has 0 heterocycles. The van der Waals surface area contributed by atoms with Gasteiger partial charge in [0.05, 0.1) is 5.56 Å². The molecule has 0 aliphatic heterocycles. The van der Waals surface area contributed by atoms with Crippen LogP contribution in [0.5, 0.6) is 0 Å². The van der Waals surface area contributed by atoms with Gasteiger partial charge in [0, 0.05) is 18.3 Å². The highest BCUT2D eigenvalue weighted by Crippen LogP contribution is 2.26. The molecule has 1 saturated carbocycles. The van der Waals surface area contributed by atoms with Gasteiger partial charge in [-0.1, -0.05) is 26.7 Å². The smallest absolute Gasteiger partial charge is 0.257 e. The topological polar surface area (TPSA) is 46.3 Å². The van der Waals surface area contributed by atoms with E-state index in [1.54, 1.807) is 0 Å². The first kappa shape index (κ1) is 15.8. The van der Waals surface area contributed by atoms with Crippen LogP contribution in [-0.4, -0.2) is 23.4 Å². The Bertz CT molecular complexity index is 496. The number of anilines is 1. The number of halogens is 1. The first-order chi connectivity index (χ1) is 9.99. The summed E-state index contributed by atoms with van der Waals surface area (Å²) in [6.07, 6.45) is 5.28. The maximum Gasteiger partial charge on any atom is 0.257 e. The number of nitrogen functional groups attached to an aromatic ring is 1. The van der Waals surface area contributed by atoms with Gasteiger partial charge in [-0.3, -0.25) is 4.79 Å². The van der Waals surface area contributed by atoms with Crippen LogP contribution in [-0.2, 0) is 0 Å². The second-order valence-electron chi connectivity index (χ2n) is 6.36. The predicted molar refractivity (Wildman–Crippen MR) is 83.6 cm³/mol. The molecular weight excluding hydrogens is 267 g/mol. The van der Waals surface area contributed by atoms with Gasteiger partial charge >= 0.3 is 0 Å². The van der Waals surface area contributed by atoms with Crippen LogP contribution in [0.15, 0.2) is 18.2 Å². The van der Waals surface area contributed by atoms with Crippen molar-refractivity contribution in [2.75, 3.05) is 12.3 Å². The van der Waals surface area contributed by atoms with Crippen LogP contribution >= 0.6 is 0 Å². The quantitative estimate of drug-likeness (QED) is 0.838. The molecule has 0 aromatic heterocycles. The van der Waals surface area contributed by atoms with Crippen LogP contribution in [0.1, 0.15) is 56.3 Å². The van der Waals surface area contributed by atoms with Crippen molar-refractivity contribution >= 4 is 11.6 Å². The van der Waals surface area contributed by atoms with E-state index < -0.39 is 5.82 Å². The minimum atomic E-state index is -0.484. The molecule has 1 fully saturated rings. The van der Waals surface area contributed by atoms with E-state index in [-0.39, 0.29) is 17.5 Å². The molecule has 0 atom stereocenters. The fourth-order valence-electron chi connectivity index (χ4n) is 2.92. The lowest BCUT2D eigenvalue weighted by atomic mass is 10.1. The molecule has 0 unspecified atom stereocenters. The number of hydrogen-bond acceptors (Lipinski definition) is 2. The minimum absolute atomic E-state index is 0.102. The predicted octanol–water partition coefficient (Wildman–Crippen LogP) is 3.84. The Balaban J connectivity index is 2.21. The molecule has 0 bridgehead atoms. The average molecular weight is 292 g/mol. The second kappa shape index (κ2) is 6.92. The van der Waals surface area contributed by atoms with Crippen LogP contribution in [0.2, 0.25) is 0 Å². The Morgan fingerprint density at radius 2 is 2.05 bits per heavy atom. The number of carbonyl (C=O) groups is 1. The van der Waals surface area contributed by atoms with E-state index in [0.717, 1.165) is 32.1 Å². The van der Waals surface area contributed by atoms with E-state index in [4.69, 9.17) is 5.73 Å². The van der Waals surface area contributed by atoms with Gasteiger partial charge in [-0.05, 0) is 43.4 Å². The van der Waals surface area contributed by atoms with Crippen molar-refractivity contribution in [3.63, 3.8) is 0 Å². The zero-order valence-corrected chi connectivity index (χ0v) is 12.9. The van der Waals surface area contributed by atoms with E-state index in [9.17, 15) is 9.18 Å². The lowest BCUT2D eigenvalue weighted by Gasteiger charge is -2.30. The van der Waals surface area contributed by atoms with Crippen molar-refractivity contribution in [1.29, 1.82) is 0 Å². The molecule has 0 saturated heterocycles. The van der Waals surface area contributed by atoms with Gasteiger partial charge in [-0.15, -0.1) is 0 Å². The molecule has 1 aromatic rings. The summed E-state index contributed by atoms with van der Waals surface area (Å²) in [6.45, 7) is 4.96. The fourth-order valence-corrected chi connectivity index (χ4v) is 2.92. The van der Waals surface area contributed by atoms with Crippen molar-refractivity contribution in [3.05, 3.63) is 29.6 Å². The zero-order chi connectivity index (χ0) is 15.4. The number of hydrogen-bond donors (Lipinski definition) is 1. The Morgan fingerprint density at radius 3 is 2.67 bits per heavy atom. The zero-order valence-electron chi connectivity index (χ0n) is 12.9. The summed E-state index contributed by atoms with van der Waals surface area (Å²) in [5, 5.41) is 0. The van der Waals surface area contributed by atoms with Crippen molar-refractivity contribution < 1.29 is 9.18 Å². The summed E-state index contributed by atoms with van der Waals surface area (Å²) in [4.78, 5) is 14.6. The molecule has 2 N–H and O–H groups in total. The van der Waals surface area contributed by atoms with E-state index in [0.29, 0.717) is 18.2 Å². The number of amides is 1. The first-order valence-electron chi connectivity index (χ1n) is 7.85. The molecule has 116 valence electrons. The Labute approximate surface area is 126 Å². The molecule has 0 radical (unpaired) electrons. The molecule has 2 rings (SSSR count). The maximum atomic E-state index is 14.0. The third-order valence-electron chi connectivity index (χ3n) is 4.19. The van der Waals surface area contributed by atoms with Crippen molar-refractivity contribution in [2.45, 2.75) is 52.0 Å². The molecule has 21 heavy (non-hydrogen) atoms. The number of nitrogens with zero attached hydrogens (tertiary/aromatic N) is 1. The van der Waals surface area contributed by atoms with Gasteiger partial charge in [0.15, 0.2) is 0 Å². The molecular formula is C17H25FN2O. The highest BCUT2D eigenvalue weighted by Gasteiger charge is 2.28. The van der Waals surface area contributed by atoms with Crippen molar-refractivity contribution in [1.82, 2.24) is 4.90 Å². The van der Waals surface area contributed by atoms with Crippen LogP contribution < -0.4 is 5.73 Å². The molecule has 3 nitrogen and oxygen atoms in total. The summed E-state index contributed by atoms with van der Waals surface area (Å²) < 4.78 is 14.0. The third-order valence-corrected chi connectivity index (χ3v) is 4.19. The highest BCUT2D eigenvalue weighted by atomic mass is 19.1. The standard InChI is InChI=1S/C17H25FN2O/c1-12(2)9-10-20(14-5-3-4-6-14)17(21)15-11-13(19)7-8-16(15)18/h7-8,11-12,14H,3-6,9-10,19H2,1-2H3. The summed E-state index contributed by atoms with van der Waals surface area (Å²) >= 11 is 0. The number of rotatable bonds is 5. The van der Waals surface area contributed by atoms with Gasteiger partial charge in [-0.25, -0.2) is 4.39 Å². The second-order valence-corrected chi connectivity index (χ2v) is 6.36. The molecule has 1 aliphatic rings. The first-order valence-corrected chi connectivity index (χ1v) is 7.85. The minimum Gasteiger partial charge on any atom is -0.399 e. The number of nitrogens with two attached hydrogens (primary N) is 1. The summed E-state index contributed by atoms with van der Waals surface area (Å²) in [7, 11) is 0. The third kappa shape index (κ3) is 3.96. The van der Waals surface area contributed by atoms with Gasteiger partial charge < -0.3 is 10.6 Å². The lowest BCUT2D eigenvalue weighted by Crippen LogP contribution is -2.40. The Kier molecular flexibility index (Phi) is 5.21. The Morgan fingerprint density at radius 1 is 1.38 bits per heavy atom. The van der Waals surface area contributed by atoms with Crippen LogP contribution in [0.3, 0.4) is 0 Å². The molecule has 0 spiro atoms. The molecule has 1 aromatic carbocycles. The Hall–Kier alpha value is -1.58. The molecule has 1 amide bonds. The van der Waals surface area contributed by atoms with E-state index in [1.165, 1.54) is 18.2 Å². The monoisotopic (exact) mass is 292 g/mol. The van der Waals surface area contributed by atoms with Crippen LogP contribution in [0.4, 0.5) is 10.1 Å². The van der Waals surface area contributed by atoms with Gasteiger partial charge in [-0.2, -0.15) is 0 Å². The maximum absolute atomic E-state index is 14.0. The van der Waals surface area contributed by atoms with E-state index in [2.05, 4.69) is 13.8 Å². The molecule has 1 aliphatic carbocycles. The lowest BCUT2D eigenvalue weighted by molar-refractivity contribution is 0.0667. The molecule has 4 heteroatoms. The van der Waals surface area contributed by atoms with Gasteiger partial charge in [0.1, 0.15) is 5.82 Å². The van der Waals surface area contributed by atoms with E-state index in [1.807, 2.05) is 4.90 Å². The van der Waals surface area contributed by atoms with Gasteiger partial charge in [0.25, 0.3) is 5.91 Å². The van der Waals surface area contributed by atoms with Gasteiger partial charge in [0.2, 0.25) is 0 Å². The highest BCUT2D eigenvalue weighted by molar-refractivity contribution is 5.95. The normalized spacial score (nSPS) is 15.6. The number of benzene rings is 1. The SMILES string of the molecule is CC(C)CCN(C(=O)c1cc(N)ccc1F)C1CCCC1. The van der Waals surface area contributed by atoms with Crippen LogP contribution in [0, 0.1) is 11.7 Å². The fraction of sp³-hybridized carbons (Fsp3) is 0.588. The van der Waals surface area contributed by atoms with Crippen molar-refractivity contribution in [2.24, 2.45) is 5.92 Å². The van der Waals surface area contributed by atoms with E-state index >= 15 is 0 Å². The summed E-state index contributed by atoms with van der Waals surface area (Å²) in [5.74, 6) is -0.179. The van der Waals surface area contributed by atoms with Crippen molar-refractivity contribution in [3.8, 4) is 0 Å². The average Bonchev–Trinajstić information content (AvgIpc) is 2.95. The summed E-state index contributed by atoms with van der Waals surface area (Å²) in [5.41, 5.74) is 6.23. The number of carbonyl (C=O) groups excluding carboxylic acids is 1. The largest absolute Gasteiger partial charge is 0.399 e. The van der Waals surface area contributed by atoms with Crippen LogP contribution in [0.25, 0.3) is 0 Å².